The van der Waals surface area contributed by atoms with Crippen LogP contribution in [0.15, 0.2) is 85.1 Å². The Bertz CT molecular complexity index is 1330. The first-order chi connectivity index (χ1) is 34.0. The molecule has 0 aromatic carbocycles. The highest BCUT2D eigenvalue weighted by molar-refractivity contribution is 5.71. The molecule has 1 atom stereocenters. The molecule has 0 heterocycles. The molecule has 396 valence electrons. The molecule has 0 radical (unpaired) electrons. The molecule has 0 aromatic rings. The Hall–Kier alpha value is -3.41. The SMILES string of the molecule is CC/C=C\C/C=C\C/C=C\C/C=C\C/C=C\CCCCCCCC(=O)OCC(COC(=O)CCCCCCCCCCCCCCC)OC(=O)CCCCCCCCC/C=C\C/C=C\CCCCC. The lowest BCUT2D eigenvalue weighted by Crippen LogP contribution is -2.30. The molecule has 0 fully saturated rings. The van der Waals surface area contributed by atoms with Crippen molar-refractivity contribution in [3.05, 3.63) is 85.1 Å². The molecule has 6 heteroatoms. The lowest BCUT2D eigenvalue weighted by molar-refractivity contribution is -0.167. The molecule has 0 spiro atoms. The normalized spacial score (nSPS) is 12.7. The topological polar surface area (TPSA) is 78.9 Å². The first-order valence-electron chi connectivity index (χ1n) is 29.1. The maximum atomic E-state index is 12.9. The van der Waals surface area contributed by atoms with E-state index in [1.165, 1.54) is 116 Å². The number of hydrogen-bond acceptors (Lipinski definition) is 6. The third-order valence-electron chi connectivity index (χ3n) is 12.4. The van der Waals surface area contributed by atoms with Gasteiger partial charge in [0.05, 0.1) is 0 Å². The number of esters is 3. The smallest absolute Gasteiger partial charge is 0.306 e. The molecule has 0 amide bonds. The predicted molar refractivity (Wildman–Crippen MR) is 297 cm³/mol. The second kappa shape index (κ2) is 57.2. The van der Waals surface area contributed by atoms with E-state index in [1.54, 1.807) is 0 Å². The van der Waals surface area contributed by atoms with Gasteiger partial charge in [0.25, 0.3) is 0 Å². The Morgan fingerprint density at radius 3 is 0.913 bits per heavy atom. The number of rotatable bonds is 52. The van der Waals surface area contributed by atoms with Gasteiger partial charge in [0, 0.05) is 19.3 Å². The number of unbranched alkanes of at least 4 members (excludes halogenated alkanes) is 27. The summed E-state index contributed by atoms with van der Waals surface area (Å²) in [6.45, 7) is 6.49. The van der Waals surface area contributed by atoms with Crippen molar-refractivity contribution in [3.63, 3.8) is 0 Å². The summed E-state index contributed by atoms with van der Waals surface area (Å²) in [6.07, 6.45) is 74.2. The van der Waals surface area contributed by atoms with Gasteiger partial charge in [0.15, 0.2) is 6.10 Å². The van der Waals surface area contributed by atoms with Crippen LogP contribution in [0.25, 0.3) is 0 Å². The van der Waals surface area contributed by atoms with E-state index in [2.05, 4.69) is 106 Å². The maximum absolute atomic E-state index is 12.9. The summed E-state index contributed by atoms with van der Waals surface area (Å²) in [4.78, 5) is 38.2. The van der Waals surface area contributed by atoms with Gasteiger partial charge in [-0.15, -0.1) is 0 Å². The molecule has 69 heavy (non-hydrogen) atoms. The van der Waals surface area contributed by atoms with E-state index in [1.807, 2.05) is 0 Å². The van der Waals surface area contributed by atoms with Crippen molar-refractivity contribution in [1.82, 2.24) is 0 Å². The molecule has 0 aromatic heterocycles. The minimum atomic E-state index is -0.788. The molecule has 0 aliphatic heterocycles. The number of allylic oxidation sites excluding steroid dienone is 14. The summed E-state index contributed by atoms with van der Waals surface area (Å²) < 4.78 is 16.9. The number of ether oxygens (including phenoxy) is 3. The summed E-state index contributed by atoms with van der Waals surface area (Å²) in [5.41, 5.74) is 0. The second-order valence-electron chi connectivity index (χ2n) is 19.2. The summed E-state index contributed by atoms with van der Waals surface area (Å²) in [5.74, 6) is -0.904. The molecule has 0 bridgehead atoms. The Balaban J connectivity index is 4.41. The molecule has 6 nitrogen and oxygen atoms in total. The van der Waals surface area contributed by atoms with Crippen LogP contribution >= 0.6 is 0 Å². The lowest BCUT2D eigenvalue weighted by atomic mass is 10.0. The van der Waals surface area contributed by atoms with Crippen LogP contribution in [0.5, 0.6) is 0 Å². The highest BCUT2D eigenvalue weighted by Crippen LogP contribution is 2.15. The second-order valence-corrected chi connectivity index (χ2v) is 19.2. The van der Waals surface area contributed by atoms with Gasteiger partial charge in [-0.05, 0) is 96.3 Å². The fraction of sp³-hybridized carbons (Fsp3) is 0.730. The van der Waals surface area contributed by atoms with Crippen molar-refractivity contribution in [2.24, 2.45) is 0 Å². The van der Waals surface area contributed by atoms with Crippen LogP contribution < -0.4 is 0 Å². The van der Waals surface area contributed by atoms with E-state index in [4.69, 9.17) is 14.2 Å². The fourth-order valence-corrected chi connectivity index (χ4v) is 8.03. The van der Waals surface area contributed by atoms with Crippen molar-refractivity contribution in [1.29, 1.82) is 0 Å². The van der Waals surface area contributed by atoms with Crippen molar-refractivity contribution in [2.75, 3.05) is 13.2 Å². The third kappa shape index (κ3) is 55.4. The Labute approximate surface area is 426 Å². The van der Waals surface area contributed by atoms with E-state index in [-0.39, 0.29) is 31.1 Å². The third-order valence-corrected chi connectivity index (χ3v) is 12.4. The van der Waals surface area contributed by atoms with Crippen molar-refractivity contribution < 1.29 is 28.6 Å². The Morgan fingerprint density at radius 2 is 0.565 bits per heavy atom. The summed E-state index contributed by atoms with van der Waals surface area (Å²) in [6, 6.07) is 0. The van der Waals surface area contributed by atoms with Gasteiger partial charge in [-0.25, -0.2) is 0 Å². The van der Waals surface area contributed by atoms with Crippen LogP contribution in [0, 0.1) is 0 Å². The maximum Gasteiger partial charge on any atom is 0.306 e. The fourth-order valence-electron chi connectivity index (χ4n) is 8.03. The summed E-state index contributed by atoms with van der Waals surface area (Å²) in [7, 11) is 0. The minimum absolute atomic E-state index is 0.0842. The monoisotopic (exact) mass is 961 g/mol. The quantitative estimate of drug-likeness (QED) is 0.0262. The van der Waals surface area contributed by atoms with Crippen molar-refractivity contribution in [3.8, 4) is 0 Å². The minimum Gasteiger partial charge on any atom is -0.462 e. The van der Waals surface area contributed by atoms with Crippen LogP contribution in [0.1, 0.15) is 278 Å². The van der Waals surface area contributed by atoms with Crippen LogP contribution in [-0.2, 0) is 28.6 Å². The molecular formula is C63H108O6. The van der Waals surface area contributed by atoms with Gasteiger partial charge in [-0.2, -0.15) is 0 Å². The molecule has 0 N–H and O–H groups in total. The van der Waals surface area contributed by atoms with Crippen LogP contribution in [-0.4, -0.2) is 37.2 Å². The zero-order valence-electron chi connectivity index (χ0n) is 45.3. The molecular weight excluding hydrogens is 853 g/mol. The lowest BCUT2D eigenvalue weighted by Gasteiger charge is -2.18. The van der Waals surface area contributed by atoms with Gasteiger partial charge in [0.2, 0.25) is 0 Å². The van der Waals surface area contributed by atoms with Crippen molar-refractivity contribution >= 4 is 17.9 Å². The Morgan fingerprint density at radius 1 is 0.304 bits per heavy atom. The van der Waals surface area contributed by atoms with E-state index in [0.717, 1.165) is 122 Å². The van der Waals surface area contributed by atoms with Gasteiger partial charge < -0.3 is 14.2 Å². The van der Waals surface area contributed by atoms with Gasteiger partial charge in [-0.3, -0.25) is 14.4 Å². The van der Waals surface area contributed by atoms with E-state index < -0.39 is 6.10 Å². The molecule has 0 aliphatic carbocycles. The molecule has 1 unspecified atom stereocenters. The molecule has 0 rings (SSSR count). The standard InChI is InChI=1S/C63H108O6/c1-4-7-10-13-16-19-22-25-27-29-30-31-32-34-35-38-41-44-47-50-53-56-62(65)68-59-60(58-67-61(64)55-52-49-46-43-40-37-24-21-18-15-12-9-6-3)69-63(66)57-54-51-48-45-42-39-36-33-28-26-23-20-17-14-11-8-5-2/h7,10,16-17,19-20,25-28,30-31,34-35,60H,4-6,8-9,11-15,18,21-24,29,32-33,36-59H2,1-3H3/b10-7-,19-16-,20-17-,27-25-,28-26-,31-30-,35-34-. The van der Waals surface area contributed by atoms with E-state index >= 15 is 0 Å². The largest absolute Gasteiger partial charge is 0.462 e. The first kappa shape index (κ1) is 65.6. The van der Waals surface area contributed by atoms with E-state index in [0.29, 0.717) is 19.3 Å². The summed E-state index contributed by atoms with van der Waals surface area (Å²) >= 11 is 0. The highest BCUT2D eigenvalue weighted by Gasteiger charge is 2.19. The van der Waals surface area contributed by atoms with Crippen molar-refractivity contribution in [2.45, 2.75) is 284 Å². The van der Waals surface area contributed by atoms with Crippen LogP contribution in [0.2, 0.25) is 0 Å². The Kier molecular flexibility index (Phi) is 54.3. The zero-order valence-corrected chi connectivity index (χ0v) is 45.3. The van der Waals surface area contributed by atoms with Gasteiger partial charge >= 0.3 is 17.9 Å². The number of carbonyl (C=O) groups excluding carboxylic acids is 3. The number of hydrogen-bond donors (Lipinski definition) is 0. The molecule has 0 saturated carbocycles. The van der Waals surface area contributed by atoms with Crippen LogP contribution in [0.4, 0.5) is 0 Å². The highest BCUT2D eigenvalue weighted by atomic mass is 16.6. The first-order valence-corrected chi connectivity index (χ1v) is 29.1. The van der Waals surface area contributed by atoms with Crippen LogP contribution in [0.3, 0.4) is 0 Å². The number of carbonyl (C=O) groups is 3. The molecule has 0 aliphatic rings. The summed E-state index contributed by atoms with van der Waals surface area (Å²) in [5, 5.41) is 0. The average molecular weight is 962 g/mol. The average Bonchev–Trinajstić information content (AvgIpc) is 3.35. The van der Waals surface area contributed by atoms with Gasteiger partial charge in [0.1, 0.15) is 13.2 Å². The van der Waals surface area contributed by atoms with Gasteiger partial charge in [-0.1, -0.05) is 247 Å². The molecule has 0 saturated heterocycles. The predicted octanol–water partition coefficient (Wildman–Crippen LogP) is 19.5. The van der Waals surface area contributed by atoms with E-state index in [9.17, 15) is 14.4 Å². The zero-order chi connectivity index (χ0) is 50.0.